The minimum Gasteiger partial charge on any atom is -0.465 e. The average Bonchev–Trinajstić information content (AvgIpc) is 3.34. The SMILES string of the molecule is C[C@H](N(C(=O)O)C(Cc1ccccc1)c1ccc2c(c1)nc(NC(=O)c1ccc(Cl)cc1)n2C1CCCNC1)C(C)(C)C. The summed E-state index contributed by atoms with van der Waals surface area (Å²) in [6.07, 6.45) is 1.53. The molecule has 226 valence electrons. The van der Waals surface area contributed by atoms with E-state index in [0.29, 0.717) is 28.5 Å². The van der Waals surface area contributed by atoms with Gasteiger partial charge in [-0.3, -0.25) is 15.0 Å². The van der Waals surface area contributed by atoms with Gasteiger partial charge in [0.2, 0.25) is 5.95 Å². The lowest BCUT2D eigenvalue weighted by Gasteiger charge is -2.41. The molecule has 3 aromatic carbocycles. The maximum atomic E-state index is 13.3. The standard InChI is InChI=1S/C34H40ClN5O3/c1-22(34(2,3)4)39(33(42)43)30(19-23-9-6-5-7-10-23)25-14-17-29-28(20-25)37-32(40(29)27-11-8-18-36-21-27)38-31(41)24-12-15-26(35)16-13-24/h5-7,9-10,12-17,20,22,27,30,36H,8,11,18-19,21H2,1-4H3,(H,42,43)(H,37,38,41)/t22-,27?,30?/m0/s1. The number of anilines is 1. The van der Waals surface area contributed by atoms with Gasteiger partial charge in [-0.2, -0.15) is 0 Å². The Kier molecular flexibility index (Phi) is 9.08. The Morgan fingerprint density at radius 1 is 1.12 bits per heavy atom. The van der Waals surface area contributed by atoms with Crippen LogP contribution in [-0.4, -0.2) is 50.7 Å². The van der Waals surface area contributed by atoms with Gasteiger partial charge in [0.05, 0.1) is 17.1 Å². The number of aromatic nitrogens is 2. The summed E-state index contributed by atoms with van der Waals surface area (Å²) in [5.74, 6) is 0.203. The fraction of sp³-hybridized carbons (Fsp3) is 0.382. The lowest BCUT2D eigenvalue weighted by Crippen LogP contribution is -2.47. The number of hydrogen-bond acceptors (Lipinski definition) is 4. The number of hydrogen-bond donors (Lipinski definition) is 3. The van der Waals surface area contributed by atoms with Gasteiger partial charge in [-0.15, -0.1) is 0 Å². The molecule has 43 heavy (non-hydrogen) atoms. The molecule has 1 aliphatic heterocycles. The van der Waals surface area contributed by atoms with Crippen molar-refractivity contribution in [2.75, 3.05) is 18.4 Å². The number of piperidine rings is 1. The van der Waals surface area contributed by atoms with Crippen LogP contribution >= 0.6 is 11.6 Å². The van der Waals surface area contributed by atoms with Crippen LogP contribution in [0.25, 0.3) is 11.0 Å². The van der Waals surface area contributed by atoms with E-state index in [1.165, 1.54) is 0 Å². The molecule has 1 saturated heterocycles. The number of imidazole rings is 1. The number of nitrogens with zero attached hydrogens (tertiary/aromatic N) is 3. The first-order chi connectivity index (χ1) is 20.5. The van der Waals surface area contributed by atoms with E-state index in [0.717, 1.165) is 42.6 Å². The second kappa shape index (κ2) is 12.8. The number of carboxylic acid groups (broad SMARTS) is 1. The first-order valence-electron chi connectivity index (χ1n) is 14.9. The van der Waals surface area contributed by atoms with Gasteiger partial charge in [0, 0.05) is 29.2 Å². The van der Waals surface area contributed by atoms with E-state index in [-0.39, 0.29) is 23.4 Å². The highest BCUT2D eigenvalue weighted by atomic mass is 35.5. The Morgan fingerprint density at radius 3 is 2.47 bits per heavy atom. The van der Waals surface area contributed by atoms with Gasteiger partial charge in [-0.25, -0.2) is 9.78 Å². The molecule has 1 aliphatic rings. The average molecular weight is 602 g/mol. The van der Waals surface area contributed by atoms with Crippen molar-refractivity contribution in [3.05, 3.63) is 94.5 Å². The van der Waals surface area contributed by atoms with Gasteiger partial charge in [0.25, 0.3) is 5.91 Å². The van der Waals surface area contributed by atoms with E-state index in [1.54, 1.807) is 29.2 Å². The molecule has 0 bridgehead atoms. The highest BCUT2D eigenvalue weighted by molar-refractivity contribution is 6.30. The smallest absolute Gasteiger partial charge is 0.408 e. The van der Waals surface area contributed by atoms with E-state index < -0.39 is 12.1 Å². The van der Waals surface area contributed by atoms with Gasteiger partial charge in [-0.1, -0.05) is 68.8 Å². The van der Waals surface area contributed by atoms with Crippen molar-refractivity contribution >= 4 is 40.6 Å². The summed E-state index contributed by atoms with van der Waals surface area (Å²) in [5.41, 5.74) is 3.73. The van der Waals surface area contributed by atoms with Crippen molar-refractivity contribution in [1.29, 1.82) is 0 Å². The fourth-order valence-electron chi connectivity index (χ4n) is 5.81. The second-order valence-corrected chi connectivity index (χ2v) is 12.9. The van der Waals surface area contributed by atoms with E-state index in [9.17, 15) is 14.7 Å². The van der Waals surface area contributed by atoms with Gasteiger partial charge in [0.1, 0.15) is 0 Å². The topological polar surface area (TPSA) is 99.5 Å². The number of carbonyl (C=O) groups is 2. The first-order valence-corrected chi connectivity index (χ1v) is 15.3. The molecule has 3 atom stereocenters. The van der Waals surface area contributed by atoms with E-state index in [2.05, 4.69) is 36.0 Å². The number of fused-ring (bicyclic) bond motifs is 1. The molecule has 2 heterocycles. The molecule has 2 amide bonds. The summed E-state index contributed by atoms with van der Waals surface area (Å²) in [7, 11) is 0. The van der Waals surface area contributed by atoms with Crippen molar-refractivity contribution in [2.45, 2.75) is 65.1 Å². The third-order valence-corrected chi connectivity index (χ3v) is 8.82. The monoisotopic (exact) mass is 601 g/mol. The predicted octanol–water partition coefficient (Wildman–Crippen LogP) is 7.56. The van der Waals surface area contributed by atoms with Gasteiger partial charge in [-0.05, 0) is 85.7 Å². The number of amides is 2. The Labute approximate surface area is 258 Å². The van der Waals surface area contributed by atoms with Crippen molar-refractivity contribution in [1.82, 2.24) is 19.8 Å². The number of halogens is 1. The summed E-state index contributed by atoms with van der Waals surface area (Å²) >= 11 is 6.04. The van der Waals surface area contributed by atoms with Crippen LogP contribution in [-0.2, 0) is 6.42 Å². The maximum Gasteiger partial charge on any atom is 0.408 e. The van der Waals surface area contributed by atoms with Crippen LogP contribution in [0.3, 0.4) is 0 Å². The molecule has 9 heteroatoms. The molecular formula is C34H40ClN5O3. The highest BCUT2D eigenvalue weighted by Crippen LogP contribution is 2.36. The molecule has 1 aromatic heterocycles. The Morgan fingerprint density at radius 2 is 1.84 bits per heavy atom. The fourth-order valence-corrected chi connectivity index (χ4v) is 5.94. The zero-order valence-electron chi connectivity index (χ0n) is 25.2. The number of benzene rings is 3. The number of nitrogens with one attached hydrogen (secondary N) is 2. The van der Waals surface area contributed by atoms with Crippen LogP contribution < -0.4 is 10.6 Å². The molecule has 1 fully saturated rings. The molecule has 0 aliphatic carbocycles. The summed E-state index contributed by atoms with van der Waals surface area (Å²) in [6, 6.07) is 22.2. The van der Waals surface area contributed by atoms with Crippen molar-refractivity contribution in [2.24, 2.45) is 5.41 Å². The van der Waals surface area contributed by atoms with Gasteiger partial charge < -0.3 is 15.0 Å². The molecule has 4 aromatic rings. The van der Waals surface area contributed by atoms with Gasteiger partial charge in [0.15, 0.2) is 0 Å². The molecule has 0 spiro atoms. The van der Waals surface area contributed by atoms with Crippen LogP contribution in [0, 0.1) is 5.41 Å². The molecule has 3 N–H and O–H groups in total. The molecular weight excluding hydrogens is 562 g/mol. The third kappa shape index (κ3) is 6.86. The molecule has 8 nitrogen and oxygen atoms in total. The summed E-state index contributed by atoms with van der Waals surface area (Å²) in [6.45, 7) is 9.88. The lowest BCUT2D eigenvalue weighted by atomic mass is 9.84. The Bertz CT molecular complexity index is 1570. The van der Waals surface area contributed by atoms with Crippen LogP contribution in [0.1, 0.15) is 74.1 Å². The quantitative estimate of drug-likeness (QED) is 0.193. The van der Waals surface area contributed by atoms with Crippen LogP contribution in [0.5, 0.6) is 0 Å². The molecule has 0 radical (unpaired) electrons. The first kappa shape index (κ1) is 30.6. The zero-order valence-corrected chi connectivity index (χ0v) is 25.9. The predicted molar refractivity (Wildman–Crippen MR) is 172 cm³/mol. The van der Waals surface area contributed by atoms with E-state index in [4.69, 9.17) is 16.6 Å². The third-order valence-electron chi connectivity index (χ3n) is 8.57. The van der Waals surface area contributed by atoms with Crippen LogP contribution in [0.2, 0.25) is 5.02 Å². The molecule has 0 saturated carbocycles. The Balaban J connectivity index is 1.60. The van der Waals surface area contributed by atoms with E-state index in [1.807, 2.05) is 55.5 Å². The largest absolute Gasteiger partial charge is 0.465 e. The lowest BCUT2D eigenvalue weighted by molar-refractivity contribution is 0.0620. The minimum atomic E-state index is -0.960. The Hall–Kier alpha value is -3.88. The number of rotatable bonds is 8. The van der Waals surface area contributed by atoms with Gasteiger partial charge >= 0.3 is 6.09 Å². The van der Waals surface area contributed by atoms with Crippen molar-refractivity contribution in [3.8, 4) is 0 Å². The van der Waals surface area contributed by atoms with E-state index >= 15 is 0 Å². The normalized spacial score (nSPS) is 16.9. The maximum absolute atomic E-state index is 13.3. The molecule has 2 unspecified atom stereocenters. The van der Waals surface area contributed by atoms with Crippen molar-refractivity contribution < 1.29 is 14.7 Å². The van der Waals surface area contributed by atoms with Crippen LogP contribution in [0.15, 0.2) is 72.8 Å². The van der Waals surface area contributed by atoms with Crippen molar-refractivity contribution in [3.63, 3.8) is 0 Å². The summed E-state index contributed by atoms with van der Waals surface area (Å²) < 4.78 is 2.11. The minimum absolute atomic E-state index is 0.113. The highest BCUT2D eigenvalue weighted by Gasteiger charge is 2.36. The summed E-state index contributed by atoms with van der Waals surface area (Å²) in [4.78, 5) is 32.6. The second-order valence-electron chi connectivity index (χ2n) is 12.5. The zero-order chi connectivity index (χ0) is 30.7. The molecule has 5 rings (SSSR count). The number of carbonyl (C=O) groups excluding carboxylic acids is 1. The van der Waals surface area contributed by atoms with Crippen LogP contribution in [0.4, 0.5) is 10.7 Å². The summed E-state index contributed by atoms with van der Waals surface area (Å²) in [5, 5.41) is 17.6.